The Kier molecular flexibility index (Phi) is 4.41. The maximum atomic E-state index is 13.4. The number of rotatable bonds is 3. The van der Waals surface area contributed by atoms with Crippen molar-refractivity contribution in [1.29, 1.82) is 5.26 Å². The second-order valence-corrected chi connectivity index (χ2v) is 4.34. The van der Waals surface area contributed by atoms with Crippen molar-refractivity contribution in [3.8, 4) is 6.07 Å². The van der Waals surface area contributed by atoms with Crippen molar-refractivity contribution in [2.24, 2.45) is 5.10 Å². The van der Waals surface area contributed by atoms with Gasteiger partial charge in [0.2, 0.25) is 0 Å². The predicted octanol–water partition coefficient (Wildman–Crippen LogP) is 3.95. The Balaban J connectivity index is 2.30. The summed E-state index contributed by atoms with van der Waals surface area (Å²) < 4.78 is 53.0. The number of hydrogen-bond donors (Lipinski definition) is 1. The second kappa shape index (κ2) is 6.26. The summed E-state index contributed by atoms with van der Waals surface area (Å²) in [6.07, 6.45) is 0. The first-order valence-electron chi connectivity index (χ1n) is 6.08. The van der Waals surface area contributed by atoms with E-state index in [0.29, 0.717) is 16.8 Å². The van der Waals surface area contributed by atoms with Gasteiger partial charge in [-0.25, -0.2) is 17.6 Å². The van der Waals surface area contributed by atoms with Gasteiger partial charge in [0.1, 0.15) is 5.69 Å². The van der Waals surface area contributed by atoms with E-state index in [4.69, 9.17) is 5.26 Å². The Morgan fingerprint density at radius 2 is 1.59 bits per heavy atom. The molecule has 0 atom stereocenters. The van der Waals surface area contributed by atoms with Crippen LogP contribution in [0, 0.1) is 34.6 Å². The zero-order valence-corrected chi connectivity index (χ0v) is 11.3. The van der Waals surface area contributed by atoms with E-state index in [2.05, 4.69) is 5.10 Å². The van der Waals surface area contributed by atoms with Crippen molar-refractivity contribution in [1.82, 2.24) is 0 Å². The van der Waals surface area contributed by atoms with Crippen LogP contribution in [0.15, 0.2) is 35.4 Å². The van der Waals surface area contributed by atoms with E-state index in [-0.39, 0.29) is 6.07 Å². The Labute approximate surface area is 123 Å². The molecule has 0 saturated heterocycles. The molecule has 0 aliphatic heterocycles. The summed E-state index contributed by atoms with van der Waals surface area (Å²) in [6, 6.07) is 8.30. The highest BCUT2D eigenvalue weighted by Gasteiger charge is 2.18. The minimum atomic E-state index is -1.56. The Bertz CT molecular complexity index is 751. The molecule has 112 valence electrons. The van der Waals surface area contributed by atoms with Gasteiger partial charge in [0.25, 0.3) is 0 Å². The minimum absolute atomic E-state index is 0.118. The van der Waals surface area contributed by atoms with Gasteiger partial charge >= 0.3 is 0 Å². The third kappa shape index (κ3) is 3.06. The van der Waals surface area contributed by atoms with Gasteiger partial charge in [0, 0.05) is 6.07 Å². The van der Waals surface area contributed by atoms with E-state index in [0.717, 1.165) is 0 Å². The molecule has 2 rings (SSSR count). The lowest BCUT2D eigenvalue weighted by Gasteiger charge is -2.07. The van der Waals surface area contributed by atoms with Gasteiger partial charge in [0.05, 0.1) is 17.3 Å². The fourth-order valence-electron chi connectivity index (χ4n) is 1.66. The quantitative estimate of drug-likeness (QED) is 0.404. The van der Waals surface area contributed by atoms with Gasteiger partial charge < -0.3 is 0 Å². The van der Waals surface area contributed by atoms with Gasteiger partial charge in [-0.05, 0) is 24.6 Å². The van der Waals surface area contributed by atoms with E-state index in [1.807, 2.05) is 11.5 Å². The third-order valence-electron chi connectivity index (χ3n) is 2.88. The molecule has 0 aromatic heterocycles. The van der Waals surface area contributed by atoms with E-state index in [1.165, 1.54) is 19.1 Å². The summed E-state index contributed by atoms with van der Waals surface area (Å²) in [5, 5.41) is 12.4. The lowest BCUT2D eigenvalue weighted by molar-refractivity contribution is 0.458. The number of anilines is 1. The molecule has 2 aromatic carbocycles. The van der Waals surface area contributed by atoms with E-state index >= 15 is 0 Å². The highest BCUT2D eigenvalue weighted by atomic mass is 19.2. The third-order valence-corrected chi connectivity index (χ3v) is 2.88. The van der Waals surface area contributed by atoms with Crippen LogP contribution in [-0.4, -0.2) is 5.71 Å². The van der Waals surface area contributed by atoms with E-state index in [9.17, 15) is 17.6 Å². The molecule has 0 fully saturated rings. The molecule has 0 heterocycles. The molecule has 0 spiro atoms. The number of nitriles is 1. The number of nitrogens with zero attached hydrogens (tertiary/aromatic N) is 2. The van der Waals surface area contributed by atoms with Crippen LogP contribution in [0.4, 0.5) is 23.2 Å². The van der Waals surface area contributed by atoms with Crippen molar-refractivity contribution >= 4 is 11.4 Å². The molecule has 0 radical (unpaired) electrons. The number of halogens is 4. The summed E-state index contributed by atoms with van der Waals surface area (Å²) in [5.74, 6) is -6.16. The summed E-state index contributed by atoms with van der Waals surface area (Å²) in [6.45, 7) is 1.53. The maximum Gasteiger partial charge on any atom is 0.186 e. The fourth-order valence-corrected chi connectivity index (χ4v) is 1.66. The minimum Gasteiger partial charge on any atom is -0.272 e. The molecule has 0 bridgehead atoms. The van der Waals surface area contributed by atoms with Crippen LogP contribution >= 0.6 is 0 Å². The van der Waals surface area contributed by atoms with Gasteiger partial charge in [0.15, 0.2) is 23.3 Å². The highest BCUT2D eigenvalue weighted by Crippen LogP contribution is 2.24. The topological polar surface area (TPSA) is 48.2 Å². The molecular formula is C15H9F4N3. The highest BCUT2D eigenvalue weighted by molar-refractivity contribution is 5.99. The molecule has 0 aliphatic rings. The summed E-state index contributed by atoms with van der Waals surface area (Å²) in [4.78, 5) is 0. The first-order chi connectivity index (χ1) is 10.4. The predicted molar refractivity (Wildman–Crippen MR) is 73.3 cm³/mol. The van der Waals surface area contributed by atoms with Gasteiger partial charge in [-0.15, -0.1) is 0 Å². The largest absolute Gasteiger partial charge is 0.272 e. The number of benzene rings is 2. The lowest BCUT2D eigenvalue weighted by atomic mass is 10.1. The molecule has 1 N–H and O–H groups in total. The smallest absolute Gasteiger partial charge is 0.186 e. The van der Waals surface area contributed by atoms with Crippen molar-refractivity contribution in [3.05, 3.63) is 64.7 Å². The summed E-state index contributed by atoms with van der Waals surface area (Å²) in [5.41, 5.74) is 2.30. The van der Waals surface area contributed by atoms with Crippen LogP contribution in [0.1, 0.15) is 18.1 Å². The van der Waals surface area contributed by atoms with Gasteiger partial charge in [-0.3, -0.25) is 5.43 Å². The number of hydrazone groups is 1. The second-order valence-electron chi connectivity index (χ2n) is 4.34. The monoisotopic (exact) mass is 307 g/mol. The molecule has 3 nitrogen and oxygen atoms in total. The molecular weight excluding hydrogens is 298 g/mol. The van der Waals surface area contributed by atoms with Gasteiger partial charge in [-0.2, -0.15) is 10.4 Å². The van der Waals surface area contributed by atoms with Crippen molar-refractivity contribution in [2.75, 3.05) is 5.43 Å². The maximum absolute atomic E-state index is 13.4. The number of nitrogens with one attached hydrogen (secondary N) is 1. The zero-order chi connectivity index (χ0) is 16.3. The molecule has 0 aliphatic carbocycles. The van der Waals surface area contributed by atoms with Crippen LogP contribution in [0.2, 0.25) is 0 Å². The average Bonchev–Trinajstić information content (AvgIpc) is 2.53. The van der Waals surface area contributed by atoms with E-state index in [1.54, 1.807) is 12.1 Å². The van der Waals surface area contributed by atoms with E-state index < -0.39 is 29.0 Å². The molecule has 2 aromatic rings. The lowest BCUT2D eigenvalue weighted by Crippen LogP contribution is -2.05. The fraction of sp³-hybridized carbons (Fsp3) is 0.0667. The normalized spacial score (nSPS) is 11.2. The van der Waals surface area contributed by atoms with Crippen molar-refractivity contribution < 1.29 is 17.6 Å². The van der Waals surface area contributed by atoms with Crippen LogP contribution in [0.3, 0.4) is 0 Å². The van der Waals surface area contributed by atoms with Crippen molar-refractivity contribution in [3.63, 3.8) is 0 Å². The molecule has 0 unspecified atom stereocenters. The Morgan fingerprint density at radius 3 is 2.09 bits per heavy atom. The van der Waals surface area contributed by atoms with Crippen molar-refractivity contribution in [2.45, 2.75) is 6.92 Å². The summed E-state index contributed by atoms with van der Waals surface area (Å²) in [7, 11) is 0. The molecule has 7 heteroatoms. The molecule has 22 heavy (non-hydrogen) atoms. The Morgan fingerprint density at radius 1 is 1.05 bits per heavy atom. The standard InChI is InChI=1S/C15H9F4N3/c1-8(10-4-2-9(7-20)3-5-10)21-22-15-13(18)11(16)6-12(17)14(15)19/h2-6,22H,1H3. The molecule has 0 saturated carbocycles. The average molecular weight is 307 g/mol. The van der Waals surface area contributed by atoms with Crippen LogP contribution in [-0.2, 0) is 0 Å². The first-order valence-corrected chi connectivity index (χ1v) is 6.08. The zero-order valence-electron chi connectivity index (χ0n) is 11.3. The Hall–Kier alpha value is -2.88. The summed E-state index contributed by atoms with van der Waals surface area (Å²) >= 11 is 0. The molecule has 0 amide bonds. The first kappa shape index (κ1) is 15.5. The van der Waals surface area contributed by atoms with Crippen LogP contribution in [0.25, 0.3) is 0 Å². The van der Waals surface area contributed by atoms with Crippen LogP contribution < -0.4 is 5.43 Å². The SMILES string of the molecule is CC(=NNc1c(F)c(F)cc(F)c1F)c1ccc(C#N)cc1. The van der Waals surface area contributed by atoms with Crippen LogP contribution in [0.5, 0.6) is 0 Å². The number of hydrogen-bond acceptors (Lipinski definition) is 3. The van der Waals surface area contributed by atoms with Gasteiger partial charge in [-0.1, -0.05) is 12.1 Å².